The lowest BCUT2D eigenvalue weighted by molar-refractivity contribution is 0.102. The molecule has 0 fully saturated rings. The third-order valence-corrected chi connectivity index (χ3v) is 5.04. The zero-order valence-corrected chi connectivity index (χ0v) is 14.9. The first kappa shape index (κ1) is 16.5. The number of carbonyl (C=O) groups is 1. The third kappa shape index (κ3) is 3.11. The van der Waals surface area contributed by atoms with Gasteiger partial charge in [0, 0.05) is 22.8 Å². The monoisotopic (exact) mass is 365 g/mol. The van der Waals surface area contributed by atoms with Crippen LogP contribution in [0.4, 0.5) is 10.1 Å². The van der Waals surface area contributed by atoms with E-state index in [0.29, 0.717) is 11.4 Å². The maximum atomic E-state index is 13.1. The summed E-state index contributed by atoms with van der Waals surface area (Å²) in [5.74, 6) is -0.479. The average Bonchev–Trinajstić information content (AvgIpc) is 3.23. The highest BCUT2D eigenvalue weighted by Crippen LogP contribution is 2.24. The minimum atomic E-state index is -0.288. The first-order valence-corrected chi connectivity index (χ1v) is 9.15. The molecule has 0 saturated carbocycles. The zero-order valence-electron chi connectivity index (χ0n) is 14.1. The molecule has 2 aromatic carbocycles. The van der Waals surface area contributed by atoms with Crippen molar-refractivity contribution in [2.45, 2.75) is 13.3 Å². The summed E-state index contributed by atoms with van der Waals surface area (Å²) in [4.78, 5) is 17.9. The van der Waals surface area contributed by atoms with Crippen molar-refractivity contribution in [3.63, 3.8) is 0 Å². The van der Waals surface area contributed by atoms with Gasteiger partial charge in [0.2, 0.25) is 0 Å². The number of fused-ring (bicyclic) bond motifs is 1. The van der Waals surface area contributed by atoms with Crippen LogP contribution in [0.25, 0.3) is 16.2 Å². The van der Waals surface area contributed by atoms with Crippen LogP contribution in [0.1, 0.15) is 23.0 Å². The van der Waals surface area contributed by atoms with E-state index in [9.17, 15) is 9.18 Å². The van der Waals surface area contributed by atoms with Crippen LogP contribution in [0.15, 0.2) is 60.1 Å². The summed E-state index contributed by atoms with van der Waals surface area (Å²) >= 11 is 1.39. The molecule has 4 nitrogen and oxygen atoms in total. The molecular weight excluding hydrogens is 349 g/mol. The molecule has 6 heteroatoms. The number of halogens is 1. The van der Waals surface area contributed by atoms with Crippen molar-refractivity contribution in [2.24, 2.45) is 0 Å². The lowest BCUT2D eigenvalue weighted by Crippen LogP contribution is -2.13. The van der Waals surface area contributed by atoms with Gasteiger partial charge in [-0.2, -0.15) is 0 Å². The summed E-state index contributed by atoms with van der Waals surface area (Å²) in [5, 5.41) is 4.70. The molecule has 0 radical (unpaired) electrons. The van der Waals surface area contributed by atoms with Crippen molar-refractivity contribution in [3.05, 3.63) is 77.2 Å². The first-order valence-electron chi connectivity index (χ1n) is 8.27. The molecule has 0 atom stereocenters. The van der Waals surface area contributed by atoms with Gasteiger partial charge in [-0.1, -0.05) is 19.1 Å². The van der Waals surface area contributed by atoms with E-state index in [1.165, 1.54) is 29.0 Å². The molecule has 0 saturated heterocycles. The first-order chi connectivity index (χ1) is 12.6. The van der Waals surface area contributed by atoms with Crippen molar-refractivity contribution in [2.75, 3.05) is 5.32 Å². The fourth-order valence-electron chi connectivity index (χ4n) is 2.73. The molecule has 0 spiro atoms. The summed E-state index contributed by atoms with van der Waals surface area (Å²) in [6.45, 7) is 2.09. The van der Waals surface area contributed by atoms with E-state index in [2.05, 4.69) is 17.2 Å². The Labute approximate surface area is 153 Å². The highest BCUT2D eigenvalue weighted by Gasteiger charge is 2.15. The van der Waals surface area contributed by atoms with Crippen LogP contribution in [0.3, 0.4) is 0 Å². The Morgan fingerprint density at radius 1 is 1.15 bits per heavy atom. The molecule has 1 amide bonds. The van der Waals surface area contributed by atoms with Crippen LogP contribution >= 0.6 is 11.3 Å². The number of hydrogen-bond donors (Lipinski definition) is 1. The van der Waals surface area contributed by atoms with Crippen LogP contribution in [-0.4, -0.2) is 15.3 Å². The predicted molar refractivity (Wildman–Crippen MR) is 102 cm³/mol. The lowest BCUT2D eigenvalue weighted by atomic mass is 10.1. The summed E-state index contributed by atoms with van der Waals surface area (Å²) in [6, 6.07) is 14.0. The van der Waals surface area contributed by atoms with Gasteiger partial charge < -0.3 is 5.32 Å². The van der Waals surface area contributed by atoms with E-state index in [1.54, 1.807) is 28.1 Å². The highest BCUT2D eigenvalue weighted by molar-refractivity contribution is 7.15. The SMILES string of the molecule is CCc1ccc(NC(=O)c2csc3nc(-c4ccc(F)cc4)cn23)cc1. The number of nitrogens with one attached hydrogen (secondary N) is 1. The number of aryl methyl sites for hydroxylation is 1. The maximum absolute atomic E-state index is 13.1. The number of hydrogen-bond acceptors (Lipinski definition) is 3. The molecule has 1 N–H and O–H groups in total. The smallest absolute Gasteiger partial charge is 0.273 e. The van der Waals surface area contributed by atoms with Crippen molar-refractivity contribution in [3.8, 4) is 11.3 Å². The largest absolute Gasteiger partial charge is 0.321 e. The predicted octanol–water partition coefficient (Wildman–Crippen LogP) is 5.02. The number of imidazole rings is 1. The standard InChI is InChI=1S/C20H16FN3OS/c1-2-13-3-9-16(10-4-13)22-19(25)18-12-26-20-23-17(11-24(18)20)14-5-7-15(21)8-6-14/h3-12H,2H2,1H3,(H,22,25). The van der Waals surface area contributed by atoms with Crippen molar-refractivity contribution in [1.29, 1.82) is 0 Å². The van der Waals surface area contributed by atoms with Crippen molar-refractivity contribution < 1.29 is 9.18 Å². The van der Waals surface area contributed by atoms with Crippen LogP contribution in [0.2, 0.25) is 0 Å². The molecule has 4 rings (SSSR count). The summed E-state index contributed by atoms with van der Waals surface area (Å²) < 4.78 is 14.9. The number of thiazole rings is 1. The Morgan fingerprint density at radius 3 is 2.58 bits per heavy atom. The Morgan fingerprint density at radius 2 is 1.88 bits per heavy atom. The fraction of sp³-hybridized carbons (Fsp3) is 0.100. The highest BCUT2D eigenvalue weighted by atomic mass is 32.1. The second-order valence-electron chi connectivity index (χ2n) is 5.91. The number of carbonyl (C=O) groups excluding carboxylic acids is 1. The Kier molecular flexibility index (Phi) is 4.26. The van der Waals surface area contributed by atoms with E-state index in [1.807, 2.05) is 24.3 Å². The van der Waals surface area contributed by atoms with E-state index in [-0.39, 0.29) is 11.7 Å². The normalized spacial score (nSPS) is 11.0. The Bertz CT molecular complexity index is 1060. The van der Waals surface area contributed by atoms with Gasteiger partial charge in [0.15, 0.2) is 4.96 Å². The van der Waals surface area contributed by atoms with Gasteiger partial charge in [-0.05, 0) is 48.4 Å². The third-order valence-electron chi connectivity index (χ3n) is 4.20. The lowest BCUT2D eigenvalue weighted by Gasteiger charge is -2.05. The summed E-state index contributed by atoms with van der Waals surface area (Å²) in [6.07, 6.45) is 2.76. The number of rotatable bonds is 4. The molecule has 130 valence electrons. The fourth-order valence-corrected chi connectivity index (χ4v) is 3.58. The molecule has 0 bridgehead atoms. The van der Waals surface area contributed by atoms with Gasteiger partial charge in [-0.25, -0.2) is 9.37 Å². The van der Waals surface area contributed by atoms with Crippen LogP contribution in [-0.2, 0) is 6.42 Å². The molecule has 0 aliphatic heterocycles. The van der Waals surface area contributed by atoms with Crippen LogP contribution in [0, 0.1) is 5.82 Å². The van der Waals surface area contributed by atoms with Gasteiger partial charge >= 0.3 is 0 Å². The van der Waals surface area contributed by atoms with Crippen LogP contribution in [0.5, 0.6) is 0 Å². The number of benzene rings is 2. The second-order valence-corrected chi connectivity index (χ2v) is 6.75. The quantitative estimate of drug-likeness (QED) is 0.552. The molecule has 2 aromatic heterocycles. The van der Waals surface area contributed by atoms with Crippen molar-refractivity contribution >= 4 is 27.9 Å². The minimum absolute atomic E-state index is 0.191. The number of amides is 1. The maximum Gasteiger partial charge on any atom is 0.273 e. The second kappa shape index (κ2) is 6.72. The molecule has 0 unspecified atom stereocenters. The molecule has 4 aromatic rings. The van der Waals surface area contributed by atoms with Crippen molar-refractivity contribution in [1.82, 2.24) is 9.38 Å². The minimum Gasteiger partial charge on any atom is -0.321 e. The van der Waals surface area contributed by atoms with Gasteiger partial charge in [-0.3, -0.25) is 9.20 Å². The molecule has 0 aliphatic carbocycles. The summed E-state index contributed by atoms with van der Waals surface area (Å²) in [7, 11) is 0. The van der Waals surface area contributed by atoms with E-state index < -0.39 is 0 Å². The Hall–Kier alpha value is -2.99. The van der Waals surface area contributed by atoms with Crippen LogP contribution < -0.4 is 5.32 Å². The molecule has 0 aliphatic rings. The number of aromatic nitrogens is 2. The van der Waals surface area contributed by atoms with Gasteiger partial charge in [0.25, 0.3) is 5.91 Å². The topological polar surface area (TPSA) is 46.4 Å². The summed E-state index contributed by atoms with van der Waals surface area (Å²) in [5.41, 5.74) is 4.01. The number of nitrogens with zero attached hydrogens (tertiary/aromatic N) is 2. The average molecular weight is 365 g/mol. The van der Waals surface area contributed by atoms with E-state index >= 15 is 0 Å². The van der Waals surface area contributed by atoms with E-state index in [0.717, 1.165) is 22.6 Å². The number of anilines is 1. The molecular formula is C20H16FN3OS. The zero-order chi connectivity index (χ0) is 18.1. The Balaban J connectivity index is 1.61. The van der Waals surface area contributed by atoms with Gasteiger partial charge in [-0.15, -0.1) is 11.3 Å². The van der Waals surface area contributed by atoms with Gasteiger partial charge in [0.1, 0.15) is 11.5 Å². The molecule has 26 heavy (non-hydrogen) atoms. The van der Waals surface area contributed by atoms with Gasteiger partial charge in [0.05, 0.1) is 5.69 Å². The van der Waals surface area contributed by atoms with E-state index in [4.69, 9.17) is 0 Å². The molecule has 2 heterocycles.